The van der Waals surface area contributed by atoms with Gasteiger partial charge in [0.25, 0.3) is 11.6 Å². The molecule has 0 aliphatic carbocycles. The van der Waals surface area contributed by atoms with Crippen LogP contribution in [0.25, 0.3) is 17.4 Å². The van der Waals surface area contributed by atoms with Crippen molar-refractivity contribution in [1.29, 1.82) is 0 Å². The summed E-state index contributed by atoms with van der Waals surface area (Å²) in [6.07, 6.45) is 3.55. The summed E-state index contributed by atoms with van der Waals surface area (Å²) in [5.74, 6) is 0.444. The summed E-state index contributed by atoms with van der Waals surface area (Å²) in [7, 11) is 0. The molecule has 0 bridgehead atoms. The Bertz CT molecular complexity index is 1250. The van der Waals surface area contributed by atoms with Gasteiger partial charge < -0.3 is 4.42 Å². The number of carbonyl (C=O) groups is 1. The van der Waals surface area contributed by atoms with E-state index in [1.807, 2.05) is 30.5 Å². The Labute approximate surface area is 196 Å². The van der Waals surface area contributed by atoms with Gasteiger partial charge in [0, 0.05) is 22.1 Å². The highest BCUT2D eigenvalue weighted by Gasteiger charge is 2.33. The third-order valence-electron chi connectivity index (χ3n) is 4.43. The van der Waals surface area contributed by atoms with Crippen LogP contribution in [0.4, 0.5) is 11.4 Å². The Morgan fingerprint density at radius 2 is 2.03 bits per heavy atom. The summed E-state index contributed by atoms with van der Waals surface area (Å²) in [4.78, 5) is 26.7. The average molecular weight is 489 g/mol. The maximum Gasteiger partial charge on any atom is 0.281 e. The Hall–Kier alpha value is -2.59. The molecule has 0 radical (unpaired) electrons. The smallest absolute Gasteiger partial charge is 0.281 e. The predicted molar refractivity (Wildman–Crippen MR) is 130 cm³/mol. The van der Waals surface area contributed by atoms with Gasteiger partial charge in [-0.15, -0.1) is 11.8 Å². The molecular weight excluding hydrogens is 476 g/mol. The number of amides is 1. The van der Waals surface area contributed by atoms with Crippen LogP contribution in [0, 0.1) is 10.1 Å². The highest BCUT2D eigenvalue weighted by Crippen LogP contribution is 2.38. The van der Waals surface area contributed by atoms with Crippen LogP contribution in [0.5, 0.6) is 0 Å². The minimum Gasteiger partial charge on any atom is -0.456 e. The average Bonchev–Trinajstić information content (AvgIpc) is 3.32. The number of thiocarbonyl (C=S) groups is 1. The topological polar surface area (TPSA) is 76.6 Å². The van der Waals surface area contributed by atoms with Crippen molar-refractivity contribution >= 4 is 75.0 Å². The summed E-state index contributed by atoms with van der Waals surface area (Å²) in [5, 5.41) is 11.6. The first-order valence-corrected chi connectivity index (χ1v) is 11.7. The van der Waals surface area contributed by atoms with Gasteiger partial charge in [-0.2, -0.15) is 0 Å². The number of halogens is 1. The standard InChI is InChI=1S/C21H13ClN2O4S3/c1-30-15-4-2-3-13(10-15)23-20(25)19(31-21(23)29)11-14-6-8-18(28-14)16-7-5-12(22)9-17(16)24(26)27/h2-11H,1H3/b19-11+. The molecule has 0 spiro atoms. The molecule has 31 heavy (non-hydrogen) atoms. The summed E-state index contributed by atoms with van der Waals surface area (Å²) in [6.45, 7) is 0. The molecule has 0 N–H and O–H groups in total. The largest absolute Gasteiger partial charge is 0.456 e. The van der Waals surface area contributed by atoms with E-state index >= 15 is 0 Å². The van der Waals surface area contributed by atoms with Gasteiger partial charge in [0.05, 0.1) is 21.1 Å². The van der Waals surface area contributed by atoms with E-state index in [-0.39, 0.29) is 16.6 Å². The van der Waals surface area contributed by atoms with Crippen molar-refractivity contribution in [3.8, 4) is 11.3 Å². The number of furan rings is 1. The monoisotopic (exact) mass is 488 g/mol. The zero-order chi connectivity index (χ0) is 22.1. The fourth-order valence-electron chi connectivity index (χ4n) is 3.01. The van der Waals surface area contributed by atoms with E-state index < -0.39 is 4.92 Å². The first kappa shape index (κ1) is 21.6. The molecule has 4 rings (SSSR count). The molecule has 1 aliphatic heterocycles. The van der Waals surface area contributed by atoms with E-state index in [0.717, 1.165) is 4.90 Å². The van der Waals surface area contributed by atoms with Crippen LogP contribution in [-0.2, 0) is 4.79 Å². The Morgan fingerprint density at radius 3 is 2.77 bits per heavy atom. The van der Waals surface area contributed by atoms with Gasteiger partial charge in [0.2, 0.25) is 0 Å². The number of nitrogens with zero attached hydrogens (tertiary/aromatic N) is 2. The molecule has 0 atom stereocenters. The second-order valence-corrected chi connectivity index (χ2v) is 9.33. The van der Waals surface area contributed by atoms with E-state index in [2.05, 4.69) is 0 Å². The zero-order valence-electron chi connectivity index (χ0n) is 15.9. The number of nitro benzene ring substituents is 1. The van der Waals surface area contributed by atoms with Gasteiger partial charge in [0.1, 0.15) is 11.5 Å². The van der Waals surface area contributed by atoms with Crippen LogP contribution in [0.3, 0.4) is 0 Å². The van der Waals surface area contributed by atoms with E-state index in [1.165, 1.54) is 28.8 Å². The predicted octanol–water partition coefficient (Wildman–Crippen LogP) is 6.64. The highest BCUT2D eigenvalue weighted by atomic mass is 35.5. The molecule has 3 aromatic rings. The summed E-state index contributed by atoms with van der Waals surface area (Å²) >= 11 is 14.0. The third-order valence-corrected chi connectivity index (χ3v) is 6.69. The van der Waals surface area contributed by atoms with Crippen molar-refractivity contribution in [2.24, 2.45) is 0 Å². The van der Waals surface area contributed by atoms with Crippen molar-refractivity contribution < 1.29 is 14.1 Å². The maximum atomic E-state index is 13.0. The number of hydrogen-bond acceptors (Lipinski definition) is 7. The van der Waals surface area contributed by atoms with Gasteiger partial charge in [0.15, 0.2) is 4.32 Å². The summed E-state index contributed by atoms with van der Waals surface area (Å²) in [5.41, 5.74) is 0.846. The minimum atomic E-state index is -0.517. The summed E-state index contributed by atoms with van der Waals surface area (Å²) < 4.78 is 6.19. The van der Waals surface area contributed by atoms with Crippen molar-refractivity contribution in [3.05, 3.63) is 80.4 Å². The molecule has 6 nitrogen and oxygen atoms in total. The number of carbonyl (C=O) groups excluding carboxylic acids is 1. The number of rotatable bonds is 5. The van der Waals surface area contributed by atoms with E-state index in [9.17, 15) is 14.9 Å². The van der Waals surface area contributed by atoms with Gasteiger partial charge >= 0.3 is 0 Å². The quantitative estimate of drug-likeness (QED) is 0.131. The van der Waals surface area contributed by atoms with Crippen molar-refractivity contribution in [3.63, 3.8) is 0 Å². The molecule has 156 valence electrons. The third kappa shape index (κ3) is 4.40. The lowest BCUT2D eigenvalue weighted by molar-refractivity contribution is -0.384. The SMILES string of the molecule is CSc1cccc(N2C(=O)/C(=C\c3ccc(-c4ccc(Cl)cc4[N+](=O)[O-])o3)SC2=S)c1. The van der Waals surface area contributed by atoms with Crippen molar-refractivity contribution in [1.82, 2.24) is 0 Å². The Kier molecular flexibility index (Phi) is 6.19. The molecule has 1 aromatic heterocycles. The van der Waals surface area contributed by atoms with Gasteiger partial charge in [-0.25, -0.2) is 0 Å². The van der Waals surface area contributed by atoms with E-state index in [1.54, 1.807) is 36.0 Å². The second-order valence-electron chi connectivity index (χ2n) is 6.34. The molecule has 10 heteroatoms. The Balaban J connectivity index is 1.64. The molecule has 1 amide bonds. The zero-order valence-corrected chi connectivity index (χ0v) is 19.1. The highest BCUT2D eigenvalue weighted by molar-refractivity contribution is 8.27. The van der Waals surface area contributed by atoms with Crippen LogP contribution in [0.1, 0.15) is 5.76 Å². The number of thioether (sulfide) groups is 2. The molecule has 2 aromatic carbocycles. The lowest BCUT2D eigenvalue weighted by Gasteiger charge is -2.15. The number of anilines is 1. The molecule has 0 saturated carbocycles. The first-order chi connectivity index (χ1) is 14.9. The normalized spacial score (nSPS) is 15.2. The maximum absolute atomic E-state index is 13.0. The number of hydrogen-bond donors (Lipinski definition) is 0. The van der Waals surface area contributed by atoms with Crippen LogP contribution in [0.15, 0.2) is 68.8 Å². The van der Waals surface area contributed by atoms with Crippen molar-refractivity contribution in [2.75, 3.05) is 11.2 Å². The van der Waals surface area contributed by atoms with Gasteiger partial charge in [-0.3, -0.25) is 19.8 Å². The number of nitro groups is 1. The molecule has 0 unspecified atom stereocenters. The van der Waals surface area contributed by atoms with Crippen LogP contribution in [-0.4, -0.2) is 21.4 Å². The van der Waals surface area contributed by atoms with Crippen molar-refractivity contribution in [2.45, 2.75) is 4.90 Å². The van der Waals surface area contributed by atoms with Crippen LogP contribution in [0.2, 0.25) is 5.02 Å². The fourth-order valence-corrected chi connectivity index (χ4v) is 4.91. The Morgan fingerprint density at radius 1 is 1.23 bits per heavy atom. The first-order valence-electron chi connectivity index (χ1n) is 8.83. The minimum absolute atomic E-state index is 0.159. The van der Waals surface area contributed by atoms with Gasteiger partial charge in [-0.1, -0.05) is 41.6 Å². The van der Waals surface area contributed by atoms with Crippen LogP contribution < -0.4 is 4.90 Å². The number of benzene rings is 2. The van der Waals surface area contributed by atoms with Crippen LogP contribution >= 0.6 is 47.3 Å². The van der Waals surface area contributed by atoms with E-state index in [4.69, 9.17) is 28.2 Å². The summed E-state index contributed by atoms with van der Waals surface area (Å²) in [6, 6.07) is 15.2. The fraction of sp³-hybridized carbons (Fsp3) is 0.0476. The second kappa shape index (κ2) is 8.88. The molecule has 1 saturated heterocycles. The molecule has 1 aliphatic rings. The molecular formula is C21H13ClN2O4S3. The molecule has 2 heterocycles. The molecule has 1 fully saturated rings. The van der Waals surface area contributed by atoms with E-state index in [0.29, 0.717) is 32.0 Å². The lowest BCUT2D eigenvalue weighted by atomic mass is 10.1. The van der Waals surface area contributed by atoms with Gasteiger partial charge in [-0.05, 0) is 48.7 Å². The lowest BCUT2D eigenvalue weighted by Crippen LogP contribution is -2.27.